The molecule has 2 aromatic heterocycles. The number of anilines is 1. The quantitative estimate of drug-likeness (QED) is 0.584. The lowest BCUT2D eigenvalue weighted by atomic mass is 10.2. The third-order valence-corrected chi connectivity index (χ3v) is 3.70. The summed E-state index contributed by atoms with van der Waals surface area (Å²) in [6.45, 7) is 2.25. The van der Waals surface area contributed by atoms with Gasteiger partial charge in [-0.05, 0) is 31.2 Å². The van der Waals surface area contributed by atoms with E-state index in [1.54, 1.807) is 11.6 Å². The van der Waals surface area contributed by atoms with Crippen LogP contribution in [0.2, 0.25) is 0 Å². The van der Waals surface area contributed by atoms with Gasteiger partial charge in [0.05, 0.1) is 21.7 Å². The summed E-state index contributed by atoms with van der Waals surface area (Å²) in [7, 11) is 0. The number of nitro groups is 1. The Balaban J connectivity index is 1.94. The van der Waals surface area contributed by atoms with Gasteiger partial charge in [-0.15, -0.1) is 11.3 Å². The number of aromatic nitrogens is 1. The van der Waals surface area contributed by atoms with Crippen LogP contribution in [0, 0.1) is 17.0 Å². The molecule has 2 heterocycles. The molecule has 0 aliphatic carbocycles. The van der Waals surface area contributed by atoms with Crippen LogP contribution in [0.1, 0.15) is 11.5 Å². The monoisotopic (exact) mass is 289 g/mol. The summed E-state index contributed by atoms with van der Waals surface area (Å²) >= 11 is 1.38. The number of fused-ring (bicyclic) bond motifs is 1. The molecule has 0 fully saturated rings. The van der Waals surface area contributed by atoms with Gasteiger partial charge in [-0.1, -0.05) is 0 Å². The molecule has 0 spiro atoms. The second-order valence-corrected chi connectivity index (χ2v) is 5.17. The van der Waals surface area contributed by atoms with Gasteiger partial charge in [-0.3, -0.25) is 10.1 Å². The lowest BCUT2D eigenvalue weighted by molar-refractivity contribution is -0.382. The highest BCUT2D eigenvalue weighted by Crippen LogP contribution is 2.34. The van der Waals surface area contributed by atoms with Crippen molar-refractivity contribution in [3.63, 3.8) is 0 Å². The van der Waals surface area contributed by atoms with Crippen molar-refractivity contribution in [2.75, 3.05) is 5.32 Å². The Kier molecular flexibility index (Phi) is 3.11. The molecule has 0 atom stereocenters. The molecule has 0 radical (unpaired) electrons. The largest absolute Gasteiger partial charge is 0.465 e. The SMILES string of the molecule is Cc1ccc(CNc2ccc3scnc3c2[N+](=O)[O-])o1. The Bertz CT molecular complexity index is 778. The molecule has 3 aromatic rings. The maximum absolute atomic E-state index is 11.3. The number of hydrogen-bond acceptors (Lipinski definition) is 6. The first-order valence-electron chi connectivity index (χ1n) is 5.95. The van der Waals surface area contributed by atoms with Crippen LogP contribution in [0.15, 0.2) is 34.2 Å². The van der Waals surface area contributed by atoms with Crippen molar-refractivity contribution in [1.82, 2.24) is 4.98 Å². The number of furan rings is 1. The third kappa shape index (κ3) is 2.23. The van der Waals surface area contributed by atoms with Crippen molar-refractivity contribution in [2.45, 2.75) is 13.5 Å². The minimum absolute atomic E-state index is 0.00651. The zero-order valence-corrected chi connectivity index (χ0v) is 11.4. The molecular formula is C13H11N3O3S. The molecule has 102 valence electrons. The summed E-state index contributed by atoms with van der Waals surface area (Å²) in [5.41, 5.74) is 2.48. The second-order valence-electron chi connectivity index (χ2n) is 4.28. The Labute approximate surface area is 118 Å². The molecular weight excluding hydrogens is 278 g/mol. The average Bonchev–Trinajstić information content (AvgIpc) is 3.03. The van der Waals surface area contributed by atoms with Gasteiger partial charge in [0.1, 0.15) is 17.2 Å². The lowest BCUT2D eigenvalue weighted by Crippen LogP contribution is -2.02. The van der Waals surface area contributed by atoms with Crippen molar-refractivity contribution in [1.29, 1.82) is 0 Å². The maximum atomic E-state index is 11.3. The van der Waals surface area contributed by atoms with E-state index in [1.165, 1.54) is 11.3 Å². The summed E-state index contributed by atoms with van der Waals surface area (Å²) in [4.78, 5) is 14.9. The van der Waals surface area contributed by atoms with Crippen LogP contribution in [0.4, 0.5) is 11.4 Å². The summed E-state index contributed by atoms with van der Waals surface area (Å²) in [6.07, 6.45) is 0. The minimum atomic E-state index is -0.405. The van der Waals surface area contributed by atoms with E-state index in [2.05, 4.69) is 10.3 Å². The predicted octanol–water partition coefficient (Wildman–Crippen LogP) is 3.72. The number of nitrogens with zero attached hydrogens (tertiary/aromatic N) is 2. The van der Waals surface area contributed by atoms with Gasteiger partial charge < -0.3 is 9.73 Å². The molecule has 0 unspecified atom stereocenters. The van der Waals surface area contributed by atoms with Crippen LogP contribution in [0.5, 0.6) is 0 Å². The fraction of sp³-hybridized carbons (Fsp3) is 0.154. The van der Waals surface area contributed by atoms with E-state index in [9.17, 15) is 10.1 Å². The van der Waals surface area contributed by atoms with Crippen molar-refractivity contribution >= 4 is 32.9 Å². The van der Waals surface area contributed by atoms with Gasteiger partial charge in [0, 0.05) is 0 Å². The summed E-state index contributed by atoms with van der Waals surface area (Å²) < 4.78 is 6.23. The van der Waals surface area contributed by atoms with Crippen LogP contribution in [0.25, 0.3) is 10.2 Å². The van der Waals surface area contributed by atoms with Gasteiger partial charge >= 0.3 is 5.69 Å². The molecule has 7 heteroatoms. The molecule has 0 saturated heterocycles. The third-order valence-electron chi connectivity index (χ3n) is 2.91. The van der Waals surface area contributed by atoms with Gasteiger partial charge in [-0.2, -0.15) is 0 Å². The zero-order valence-electron chi connectivity index (χ0n) is 10.6. The fourth-order valence-corrected chi connectivity index (χ4v) is 2.69. The number of nitro benzene ring substituents is 1. The predicted molar refractivity (Wildman–Crippen MR) is 77.0 cm³/mol. The molecule has 1 aromatic carbocycles. The topological polar surface area (TPSA) is 81.2 Å². The van der Waals surface area contributed by atoms with Crippen LogP contribution in [-0.4, -0.2) is 9.91 Å². The zero-order chi connectivity index (χ0) is 14.1. The Hall–Kier alpha value is -2.41. The summed E-state index contributed by atoms with van der Waals surface area (Å²) in [6, 6.07) is 7.23. The van der Waals surface area contributed by atoms with E-state index in [4.69, 9.17) is 4.42 Å². The molecule has 0 saturated carbocycles. The van der Waals surface area contributed by atoms with Crippen molar-refractivity contribution in [2.24, 2.45) is 0 Å². The van der Waals surface area contributed by atoms with Crippen molar-refractivity contribution < 1.29 is 9.34 Å². The van der Waals surface area contributed by atoms with Gasteiger partial charge in [0.25, 0.3) is 0 Å². The first-order chi connectivity index (χ1) is 9.65. The number of aryl methyl sites for hydroxylation is 1. The van der Waals surface area contributed by atoms with E-state index in [0.29, 0.717) is 17.7 Å². The number of hydrogen-bond donors (Lipinski definition) is 1. The van der Waals surface area contributed by atoms with Gasteiger partial charge in [0.15, 0.2) is 5.52 Å². The second kappa shape index (κ2) is 4.93. The molecule has 3 rings (SSSR count). The molecule has 0 amide bonds. The Morgan fingerprint density at radius 2 is 2.25 bits per heavy atom. The lowest BCUT2D eigenvalue weighted by Gasteiger charge is -2.05. The number of nitrogens with one attached hydrogen (secondary N) is 1. The number of rotatable bonds is 4. The highest BCUT2D eigenvalue weighted by molar-refractivity contribution is 7.16. The normalized spacial score (nSPS) is 10.8. The highest BCUT2D eigenvalue weighted by atomic mass is 32.1. The molecule has 0 bridgehead atoms. The van der Waals surface area contributed by atoms with Crippen LogP contribution < -0.4 is 5.32 Å². The average molecular weight is 289 g/mol. The maximum Gasteiger partial charge on any atom is 0.319 e. The van der Waals surface area contributed by atoms with E-state index < -0.39 is 4.92 Å². The van der Waals surface area contributed by atoms with E-state index in [0.717, 1.165) is 16.2 Å². The van der Waals surface area contributed by atoms with Crippen LogP contribution >= 0.6 is 11.3 Å². The Morgan fingerprint density at radius 1 is 1.40 bits per heavy atom. The smallest absolute Gasteiger partial charge is 0.319 e. The standard InChI is InChI=1S/C13H11N3O3S/c1-8-2-3-9(19-8)6-14-10-4-5-11-12(15-7-20-11)13(10)16(17)18/h2-5,7,14H,6H2,1H3. The molecule has 6 nitrogen and oxygen atoms in total. The van der Waals surface area contributed by atoms with Crippen LogP contribution in [-0.2, 0) is 6.54 Å². The van der Waals surface area contributed by atoms with Crippen molar-refractivity contribution in [3.8, 4) is 0 Å². The van der Waals surface area contributed by atoms with Crippen molar-refractivity contribution in [3.05, 3.63) is 51.4 Å². The highest BCUT2D eigenvalue weighted by Gasteiger charge is 2.20. The Morgan fingerprint density at radius 3 is 2.95 bits per heavy atom. The number of benzene rings is 1. The minimum Gasteiger partial charge on any atom is -0.465 e. The summed E-state index contributed by atoms with van der Waals surface area (Å²) in [5, 5.41) is 14.3. The van der Waals surface area contributed by atoms with Crippen LogP contribution in [0.3, 0.4) is 0 Å². The molecule has 1 N–H and O–H groups in total. The number of thiazole rings is 1. The molecule has 0 aliphatic heterocycles. The fourth-order valence-electron chi connectivity index (χ4n) is 2.01. The van der Waals surface area contributed by atoms with E-state index in [1.807, 2.05) is 25.1 Å². The molecule has 0 aliphatic rings. The summed E-state index contributed by atoms with van der Waals surface area (Å²) in [5.74, 6) is 1.54. The van der Waals surface area contributed by atoms with E-state index in [-0.39, 0.29) is 5.69 Å². The van der Waals surface area contributed by atoms with Gasteiger partial charge in [-0.25, -0.2) is 4.98 Å². The first-order valence-corrected chi connectivity index (χ1v) is 6.83. The van der Waals surface area contributed by atoms with Gasteiger partial charge in [0.2, 0.25) is 0 Å². The molecule has 20 heavy (non-hydrogen) atoms. The van der Waals surface area contributed by atoms with E-state index >= 15 is 0 Å². The first kappa shape index (κ1) is 12.6.